The third-order valence-electron chi connectivity index (χ3n) is 3.68. The maximum Gasteiger partial charge on any atom is 0.253 e. The number of nitrogens with zero attached hydrogens (tertiary/aromatic N) is 1. The second kappa shape index (κ2) is 3.99. The highest BCUT2D eigenvalue weighted by Gasteiger charge is 2.34. The van der Waals surface area contributed by atoms with Crippen LogP contribution in [0.2, 0.25) is 0 Å². The van der Waals surface area contributed by atoms with Crippen molar-refractivity contribution < 1.29 is 14.6 Å². The van der Waals surface area contributed by atoms with E-state index in [9.17, 15) is 9.90 Å². The van der Waals surface area contributed by atoms with Crippen molar-refractivity contribution in [2.75, 3.05) is 19.7 Å². The Hall–Kier alpha value is -1.55. The van der Waals surface area contributed by atoms with Gasteiger partial charge in [-0.05, 0) is 37.1 Å². The van der Waals surface area contributed by atoms with Crippen molar-refractivity contribution in [1.29, 1.82) is 0 Å². The number of likely N-dealkylation sites (tertiary alicyclic amines) is 1. The Labute approximate surface area is 106 Å². The molecule has 0 spiro atoms. The van der Waals surface area contributed by atoms with Gasteiger partial charge in [0.25, 0.3) is 5.91 Å². The van der Waals surface area contributed by atoms with Gasteiger partial charge in [-0.2, -0.15) is 0 Å². The number of hydrogen-bond donors (Lipinski definition) is 1. The number of fused-ring (bicyclic) bond motifs is 1. The van der Waals surface area contributed by atoms with Crippen molar-refractivity contribution in [2.24, 2.45) is 0 Å². The standard InChI is InChI=1S/C14H17NO3/c1-14(17)5-6-15(9-14)13(16)11-2-3-12-10(8-11)4-7-18-12/h2-3,8,17H,4-7,9H2,1H3. The van der Waals surface area contributed by atoms with Crippen LogP contribution >= 0.6 is 0 Å². The molecular formula is C14H17NO3. The Bertz CT molecular complexity index is 496. The lowest BCUT2D eigenvalue weighted by Gasteiger charge is -2.19. The monoisotopic (exact) mass is 247 g/mol. The molecule has 18 heavy (non-hydrogen) atoms. The van der Waals surface area contributed by atoms with Crippen molar-refractivity contribution in [3.8, 4) is 5.75 Å². The maximum absolute atomic E-state index is 12.3. The fourth-order valence-corrected chi connectivity index (χ4v) is 2.62. The van der Waals surface area contributed by atoms with Gasteiger partial charge in [0.05, 0.1) is 12.2 Å². The highest BCUT2D eigenvalue weighted by Crippen LogP contribution is 2.28. The molecule has 0 aliphatic carbocycles. The van der Waals surface area contributed by atoms with Crippen molar-refractivity contribution in [1.82, 2.24) is 4.90 Å². The van der Waals surface area contributed by atoms with Crippen LogP contribution in [0.1, 0.15) is 29.3 Å². The zero-order chi connectivity index (χ0) is 12.8. The number of hydrogen-bond acceptors (Lipinski definition) is 3. The Morgan fingerprint density at radius 1 is 1.50 bits per heavy atom. The molecule has 1 fully saturated rings. The SMILES string of the molecule is CC1(O)CCN(C(=O)c2ccc3c(c2)CCO3)C1. The summed E-state index contributed by atoms with van der Waals surface area (Å²) in [6.45, 7) is 3.51. The van der Waals surface area contributed by atoms with Gasteiger partial charge in [-0.25, -0.2) is 0 Å². The Balaban J connectivity index is 1.81. The number of amides is 1. The minimum atomic E-state index is -0.741. The molecule has 2 aliphatic heterocycles. The van der Waals surface area contributed by atoms with Crippen molar-refractivity contribution >= 4 is 5.91 Å². The van der Waals surface area contributed by atoms with Crippen LogP contribution in [0.25, 0.3) is 0 Å². The molecule has 2 aliphatic rings. The molecule has 96 valence electrons. The first-order valence-electron chi connectivity index (χ1n) is 6.33. The van der Waals surface area contributed by atoms with E-state index in [4.69, 9.17) is 4.74 Å². The van der Waals surface area contributed by atoms with E-state index in [1.54, 1.807) is 17.9 Å². The van der Waals surface area contributed by atoms with E-state index in [1.165, 1.54) is 0 Å². The summed E-state index contributed by atoms with van der Waals surface area (Å²) in [4.78, 5) is 14.0. The average molecular weight is 247 g/mol. The lowest BCUT2D eigenvalue weighted by molar-refractivity contribution is 0.0572. The van der Waals surface area contributed by atoms with Crippen LogP contribution in [-0.4, -0.2) is 41.2 Å². The number of β-amino-alcohol motifs (C(OH)–C–C–N with tert-alkyl or cyclic N) is 1. The highest BCUT2D eigenvalue weighted by molar-refractivity contribution is 5.95. The van der Waals surface area contributed by atoms with E-state index in [0.717, 1.165) is 17.7 Å². The summed E-state index contributed by atoms with van der Waals surface area (Å²) in [5, 5.41) is 9.90. The first kappa shape index (κ1) is 11.5. The summed E-state index contributed by atoms with van der Waals surface area (Å²) in [6, 6.07) is 5.58. The van der Waals surface area contributed by atoms with E-state index in [-0.39, 0.29) is 5.91 Å². The summed E-state index contributed by atoms with van der Waals surface area (Å²) in [6.07, 6.45) is 1.51. The third-order valence-corrected chi connectivity index (χ3v) is 3.68. The molecular weight excluding hydrogens is 230 g/mol. The Morgan fingerprint density at radius 3 is 3.06 bits per heavy atom. The molecule has 2 heterocycles. The van der Waals surface area contributed by atoms with Gasteiger partial charge in [0.15, 0.2) is 0 Å². The van der Waals surface area contributed by atoms with Gasteiger partial charge in [0.1, 0.15) is 5.75 Å². The van der Waals surface area contributed by atoms with Crippen molar-refractivity contribution in [3.63, 3.8) is 0 Å². The maximum atomic E-state index is 12.3. The van der Waals surface area contributed by atoms with Crippen molar-refractivity contribution in [2.45, 2.75) is 25.4 Å². The van der Waals surface area contributed by atoms with Gasteiger partial charge in [-0.3, -0.25) is 4.79 Å². The summed E-state index contributed by atoms with van der Waals surface area (Å²) in [5.41, 5.74) is 1.05. The average Bonchev–Trinajstić information content (AvgIpc) is 2.93. The van der Waals surface area contributed by atoms with Crippen LogP contribution in [0.5, 0.6) is 5.75 Å². The van der Waals surface area contributed by atoms with Crippen molar-refractivity contribution in [3.05, 3.63) is 29.3 Å². The zero-order valence-corrected chi connectivity index (χ0v) is 10.5. The fourth-order valence-electron chi connectivity index (χ4n) is 2.62. The van der Waals surface area contributed by atoms with Crippen LogP contribution in [0.4, 0.5) is 0 Å². The molecule has 1 amide bonds. The van der Waals surface area contributed by atoms with Gasteiger partial charge in [-0.15, -0.1) is 0 Å². The first-order valence-corrected chi connectivity index (χ1v) is 6.33. The topological polar surface area (TPSA) is 49.8 Å². The van der Waals surface area contributed by atoms with E-state index in [1.807, 2.05) is 12.1 Å². The molecule has 1 aromatic carbocycles. The molecule has 0 radical (unpaired) electrons. The minimum Gasteiger partial charge on any atom is -0.493 e. The molecule has 3 rings (SSSR count). The number of rotatable bonds is 1. The smallest absolute Gasteiger partial charge is 0.253 e. The second-order valence-electron chi connectivity index (χ2n) is 5.39. The zero-order valence-electron chi connectivity index (χ0n) is 10.5. The number of aliphatic hydroxyl groups is 1. The van der Waals surface area contributed by atoms with Crippen LogP contribution < -0.4 is 4.74 Å². The lowest BCUT2D eigenvalue weighted by atomic mass is 10.1. The summed E-state index contributed by atoms with van der Waals surface area (Å²) >= 11 is 0. The largest absolute Gasteiger partial charge is 0.493 e. The van der Waals surface area contributed by atoms with E-state index < -0.39 is 5.60 Å². The highest BCUT2D eigenvalue weighted by atomic mass is 16.5. The fraction of sp³-hybridized carbons (Fsp3) is 0.500. The third kappa shape index (κ3) is 1.97. The normalized spacial score (nSPS) is 26.0. The summed E-state index contributed by atoms with van der Waals surface area (Å²) < 4.78 is 5.43. The van der Waals surface area contributed by atoms with Gasteiger partial charge in [0, 0.05) is 25.1 Å². The summed E-state index contributed by atoms with van der Waals surface area (Å²) in [5.74, 6) is 0.891. The van der Waals surface area contributed by atoms with E-state index in [0.29, 0.717) is 31.7 Å². The molecule has 1 aromatic rings. The van der Waals surface area contributed by atoms with E-state index >= 15 is 0 Å². The van der Waals surface area contributed by atoms with Crippen LogP contribution in [0, 0.1) is 0 Å². The molecule has 1 N–H and O–H groups in total. The molecule has 0 bridgehead atoms. The molecule has 1 atom stereocenters. The van der Waals surface area contributed by atoms with Gasteiger partial charge in [-0.1, -0.05) is 0 Å². The minimum absolute atomic E-state index is 0.00229. The van der Waals surface area contributed by atoms with Crippen LogP contribution in [0.3, 0.4) is 0 Å². The predicted molar refractivity (Wildman–Crippen MR) is 66.8 cm³/mol. The van der Waals surface area contributed by atoms with E-state index in [2.05, 4.69) is 0 Å². The molecule has 4 nitrogen and oxygen atoms in total. The van der Waals surface area contributed by atoms with Gasteiger partial charge < -0.3 is 14.7 Å². The first-order chi connectivity index (χ1) is 8.55. The Morgan fingerprint density at radius 2 is 2.33 bits per heavy atom. The molecule has 4 heteroatoms. The molecule has 1 saturated heterocycles. The molecule has 1 unspecified atom stereocenters. The number of benzene rings is 1. The quantitative estimate of drug-likeness (QED) is 0.811. The second-order valence-corrected chi connectivity index (χ2v) is 5.39. The predicted octanol–water partition coefficient (Wildman–Crippen LogP) is 1.22. The summed E-state index contributed by atoms with van der Waals surface area (Å²) in [7, 11) is 0. The molecule has 0 aromatic heterocycles. The number of carbonyl (C=O) groups is 1. The molecule has 0 saturated carbocycles. The van der Waals surface area contributed by atoms with Gasteiger partial charge >= 0.3 is 0 Å². The van der Waals surface area contributed by atoms with Gasteiger partial charge in [0.2, 0.25) is 0 Å². The van der Waals surface area contributed by atoms with Crippen LogP contribution in [0.15, 0.2) is 18.2 Å². The van der Waals surface area contributed by atoms with Crippen LogP contribution in [-0.2, 0) is 6.42 Å². The Kier molecular flexibility index (Phi) is 2.55. The number of ether oxygens (including phenoxy) is 1. The lowest BCUT2D eigenvalue weighted by Crippen LogP contribution is -2.33. The number of carbonyl (C=O) groups excluding carboxylic acids is 1.